The Hall–Kier alpha value is -1.64. The van der Waals surface area contributed by atoms with Gasteiger partial charge in [0.1, 0.15) is 4.32 Å². The minimum atomic E-state index is -0.0603. The SMILES string of the molecule is CCN1C(=O)/C(=C\c2cccc(C#N)c2)SC1=S. The predicted octanol–water partition coefficient (Wildman–Crippen LogP) is 2.78. The Morgan fingerprint density at radius 1 is 1.56 bits per heavy atom. The molecule has 1 saturated heterocycles. The van der Waals surface area contributed by atoms with Crippen LogP contribution >= 0.6 is 24.0 Å². The molecular weight excluding hydrogens is 264 g/mol. The summed E-state index contributed by atoms with van der Waals surface area (Å²) in [5.41, 5.74) is 1.42. The normalized spacial score (nSPS) is 17.3. The second kappa shape index (κ2) is 5.34. The quantitative estimate of drug-likeness (QED) is 0.614. The van der Waals surface area contributed by atoms with Gasteiger partial charge in [0.2, 0.25) is 0 Å². The molecule has 1 aromatic carbocycles. The maximum atomic E-state index is 12.0. The highest BCUT2D eigenvalue weighted by Gasteiger charge is 2.30. The Morgan fingerprint density at radius 3 is 2.94 bits per heavy atom. The van der Waals surface area contributed by atoms with Gasteiger partial charge in [0.05, 0.1) is 16.5 Å². The minimum Gasteiger partial charge on any atom is -0.293 e. The van der Waals surface area contributed by atoms with E-state index in [1.165, 1.54) is 11.8 Å². The van der Waals surface area contributed by atoms with Crippen molar-refractivity contribution in [1.82, 2.24) is 4.90 Å². The first-order chi connectivity index (χ1) is 8.65. The molecule has 0 aromatic heterocycles. The first-order valence-corrected chi connectivity index (χ1v) is 6.63. The molecule has 1 aromatic rings. The van der Waals surface area contributed by atoms with Gasteiger partial charge in [-0.25, -0.2) is 0 Å². The van der Waals surface area contributed by atoms with Gasteiger partial charge < -0.3 is 0 Å². The molecule has 0 N–H and O–H groups in total. The van der Waals surface area contributed by atoms with Crippen LogP contribution in [0.5, 0.6) is 0 Å². The molecule has 1 aliphatic heterocycles. The number of amides is 1. The van der Waals surface area contributed by atoms with Crippen molar-refractivity contribution < 1.29 is 4.79 Å². The summed E-state index contributed by atoms with van der Waals surface area (Å²) in [6, 6.07) is 9.21. The zero-order chi connectivity index (χ0) is 13.1. The van der Waals surface area contributed by atoms with Crippen LogP contribution in [0, 0.1) is 11.3 Å². The lowest BCUT2D eigenvalue weighted by molar-refractivity contribution is -0.121. The lowest BCUT2D eigenvalue weighted by Crippen LogP contribution is -2.27. The molecule has 1 heterocycles. The van der Waals surface area contributed by atoms with E-state index in [1.807, 2.05) is 13.0 Å². The van der Waals surface area contributed by atoms with E-state index in [4.69, 9.17) is 17.5 Å². The highest BCUT2D eigenvalue weighted by Crippen LogP contribution is 2.32. The van der Waals surface area contributed by atoms with E-state index in [-0.39, 0.29) is 5.91 Å². The lowest BCUT2D eigenvalue weighted by Gasteiger charge is -2.09. The van der Waals surface area contributed by atoms with Gasteiger partial charge in [0.25, 0.3) is 5.91 Å². The highest BCUT2D eigenvalue weighted by molar-refractivity contribution is 8.26. The standard InChI is InChI=1S/C13H10N2OS2/c1-2-15-12(16)11(18-13(15)17)7-9-4-3-5-10(6-9)8-14/h3-7H,2H2,1H3/b11-7+. The summed E-state index contributed by atoms with van der Waals surface area (Å²) < 4.78 is 0.588. The molecular formula is C13H10N2OS2. The van der Waals surface area contributed by atoms with Gasteiger partial charge >= 0.3 is 0 Å². The number of carbonyl (C=O) groups is 1. The first-order valence-electron chi connectivity index (χ1n) is 5.41. The summed E-state index contributed by atoms with van der Waals surface area (Å²) in [5, 5.41) is 8.83. The number of likely N-dealkylation sites (N-methyl/N-ethyl adjacent to an activating group) is 1. The molecule has 0 radical (unpaired) electrons. The van der Waals surface area contributed by atoms with Crippen molar-refractivity contribution in [3.05, 3.63) is 40.3 Å². The van der Waals surface area contributed by atoms with Gasteiger partial charge in [0, 0.05) is 6.54 Å². The molecule has 0 bridgehead atoms. The predicted molar refractivity (Wildman–Crippen MR) is 76.7 cm³/mol. The summed E-state index contributed by atoms with van der Waals surface area (Å²) in [7, 11) is 0. The third-order valence-corrected chi connectivity index (χ3v) is 3.88. The third-order valence-electron chi connectivity index (χ3n) is 2.50. The maximum Gasteiger partial charge on any atom is 0.266 e. The molecule has 5 heteroatoms. The van der Waals surface area contributed by atoms with Crippen LogP contribution in [0.15, 0.2) is 29.2 Å². The number of hydrogen-bond acceptors (Lipinski definition) is 4. The monoisotopic (exact) mass is 274 g/mol. The van der Waals surface area contributed by atoms with Crippen LogP contribution in [0.1, 0.15) is 18.1 Å². The van der Waals surface area contributed by atoms with E-state index in [9.17, 15) is 4.79 Å². The summed E-state index contributed by atoms with van der Waals surface area (Å²) >= 11 is 6.43. The number of rotatable bonds is 2. The Bertz CT molecular complexity index is 587. The van der Waals surface area contributed by atoms with Crippen molar-refractivity contribution in [2.24, 2.45) is 0 Å². The molecule has 1 fully saturated rings. The van der Waals surface area contributed by atoms with Crippen LogP contribution < -0.4 is 0 Å². The topological polar surface area (TPSA) is 44.1 Å². The Balaban J connectivity index is 2.32. The van der Waals surface area contributed by atoms with Crippen LogP contribution in [0.2, 0.25) is 0 Å². The third kappa shape index (κ3) is 2.45. The van der Waals surface area contributed by atoms with Crippen LogP contribution in [-0.4, -0.2) is 21.7 Å². The van der Waals surface area contributed by atoms with Crippen LogP contribution in [0.25, 0.3) is 6.08 Å². The average Bonchev–Trinajstić information content (AvgIpc) is 2.64. The Morgan fingerprint density at radius 2 is 2.33 bits per heavy atom. The van der Waals surface area contributed by atoms with E-state index in [0.717, 1.165) is 5.56 Å². The summed E-state index contributed by atoms with van der Waals surface area (Å²) in [5.74, 6) is -0.0603. The number of thiocarbonyl (C=S) groups is 1. The number of nitriles is 1. The number of hydrogen-bond donors (Lipinski definition) is 0. The molecule has 2 rings (SSSR count). The average molecular weight is 274 g/mol. The van der Waals surface area contributed by atoms with Crippen molar-refractivity contribution >= 4 is 40.3 Å². The molecule has 0 unspecified atom stereocenters. The molecule has 3 nitrogen and oxygen atoms in total. The van der Waals surface area contributed by atoms with E-state index in [1.54, 1.807) is 29.2 Å². The number of benzene rings is 1. The summed E-state index contributed by atoms with van der Waals surface area (Å²) in [4.78, 5) is 14.2. The second-order valence-electron chi connectivity index (χ2n) is 3.66. The van der Waals surface area contributed by atoms with Crippen LogP contribution in [-0.2, 0) is 4.79 Å². The molecule has 0 aliphatic carbocycles. The van der Waals surface area contributed by atoms with E-state index < -0.39 is 0 Å². The van der Waals surface area contributed by atoms with Gasteiger partial charge in [-0.05, 0) is 30.7 Å². The molecule has 0 atom stereocenters. The molecule has 1 aliphatic rings. The van der Waals surface area contributed by atoms with Gasteiger partial charge in [-0.15, -0.1) is 0 Å². The van der Waals surface area contributed by atoms with Gasteiger partial charge in [-0.3, -0.25) is 9.69 Å². The second-order valence-corrected chi connectivity index (χ2v) is 5.34. The van der Waals surface area contributed by atoms with Gasteiger partial charge in [-0.2, -0.15) is 5.26 Å². The van der Waals surface area contributed by atoms with Crippen molar-refractivity contribution in [3.8, 4) is 6.07 Å². The largest absolute Gasteiger partial charge is 0.293 e. The molecule has 0 spiro atoms. The van der Waals surface area contributed by atoms with Gasteiger partial charge in [0.15, 0.2) is 0 Å². The smallest absolute Gasteiger partial charge is 0.266 e. The number of nitrogens with zero attached hydrogens (tertiary/aromatic N) is 2. The Labute approximate surface area is 115 Å². The van der Waals surface area contributed by atoms with Gasteiger partial charge in [-0.1, -0.05) is 36.1 Å². The van der Waals surface area contributed by atoms with Crippen molar-refractivity contribution in [1.29, 1.82) is 5.26 Å². The van der Waals surface area contributed by atoms with E-state index in [0.29, 0.717) is 21.3 Å². The van der Waals surface area contributed by atoms with Crippen molar-refractivity contribution in [2.75, 3.05) is 6.54 Å². The molecule has 0 saturated carbocycles. The van der Waals surface area contributed by atoms with E-state index in [2.05, 4.69) is 6.07 Å². The summed E-state index contributed by atoms with van der Waals surface area (Å²) in [6.45, 7) is 2.48. The highest BCUT2D eigenvalue weighted by atomic mass is 32.2. The Kier molecular flexibility index (Phi) is 3.80. The fraction of sp³-hybridized carbons (Fsp3) is 0.154. The minimum absolute atomic E-state index is 0.0603. The zero-order valence-electron chi connectivity index (χ0n) is 9.71. The first kappa shape index (κ1) is 12.8. The molecule has 1 amide bonds. The fourth-order valence-electron chi connectivity index (χ4n) is 1.62. The fourth-order valence-corrected chi connectivity index (χ4v) is 3.01. The number of thioether (sulfide) groups is 1. The van der Waals surface area contributed by atoms with Crippen molar-refractivity contribution in [2.45, 2.75) is 6.92 Å². The van der Waals surface area contributed by atoms with Crippen molar-refractivity contribution in [3.63, 3.8) is 0 Å². The molecule has 18 heavy (non-hydrogen) atoms. The van der Waals surface area contributed by atoms with E-state index >= 15 is 0 Å². The lowest BCUT2D eigenvalue weighted by atomic mass is 10.1. The van der Waals surface area contributed by atoms with Crippen LogP contribution in [0.4, 0.5) is 0 Å². The molecule has 90 valence electrons. The number of carbonyl (C=O) groups excluding carboxylic acids is 1. The zero-order valence-corrected chi connectivity index (χ0v) is 11.3. The maximum absolute atomic E-state index is 12.0. The summed E-state index contributed by atoms with van der Waals surface area (Å²) in [6.07, 6.45) is 1.77. The van der Waals surface area contributed by atoms with Crippen LogP contribution in [0.3, 0.4) is 0 Å².